The van der Waals surface area contributed by atoms with Crippen molar-refractivity contribution in [3.05, 3.63) is 89.9 Å². The molecule has 1 aliphatic rings. The number of fused-ring (bicyclic) bond motifs is 1. The molecular formula is C26H24N4O3. The van der Waals surface area contributed by atoms with E-state index in [1.807, 2.05) is 60.1 Å². The van der Waals surface area contributed by atoms with Crippen molar-refractivity contribution in [1.82, 2.24) is 9.38 Å². The zero-order valence-corrected chi connectivity index (χ0v) is 18.3. The third-order valence-corrected chi connectivity index (χ3v) is 5.72. The first-order chi connectivity index (χ1) is 16.1. The van der Waals surface area contributed by atoms with Crippen molar-refractivity contribution in [2.75, 3.05) is 16.8 Å². The molecule has 0 atom stereocenters. The second kappa shape index (κ2) is 8.78. The van der Waals surface area contributed by atoms with Crippen LogP contribution in [0, 0.1) is 6.92 Å². The Bertz CT molecular complexity index is 1330. The topological polar surface area (TPSA) is 75.9 Å². The Hall–Kier alpha value is -4.13. The highest BCUT2D eigenvalue weighted by Gasteiger charge is 2.21. The first-order valence-electron chi connectivity index (χ1n) is 10.9. The molecule has 0 radical (unpaired) electrons. The van der Waals surface area contributed by atoms with Crippen LogP contribution in [0.1, 0.15) is 34.5 Å². The van der Waals surface area contributed by atoms with Crippen LogP contribution in [0.15, 0.2) is 73.1 Å². The number of ether oxygens (including phenoxy) is 1. The molecule has 1 N–H and O–H groups in total. The highest BCUT2D eigenvalue weighted by atomic mass is 16.5. The van der Waals surface area contributed by atoms with Crippen molar-refractivity contribution in [2.45, 2.75) is 26.4 Å². The fourth-order valence-electron chi connectivity index (χ4n) is 4.01. The molecule has 2 aromatic heterocycles. The SMILES string of the molecule is Cc1cccn2cc(COc3ccc(C(=O)Nc4cccc(N5CCCC5=O)c4)cc3)nc12. The highest BCUT2D eigenvalue weighted by molar-refractivity contribution is 6.05. The van der Waals surface area contributed by atoms with Gasteiger partial charge in [-0.25, -0.2) is 4.98 Å². The van der Waals surface area contributed by atoms with Gasteiger partial charge in [0.15, 0.2) is 0 Å². The number of imidazole rings is 1. The van der Waals surface area contributed by atoms with Gasteiger partial charge in [0.05, 0.1) is 5.69 Å². The molecule has 0 unspecified atom stereocenters. The van der Waals surface area contributed by atoms with Gasteiger partial charge in [-0.2, -0.15) is 0 Å². The van der Waals surface area contributed by atoms with Gasteiger partial charge in [0.25, 0.3) is 5.91 Å². The Balaban J connectivity index is 1.21. The predicted octanol–water partition coefficient (Wildman–Crippen LogP) is 4.60. The van der Waals surface area contributed by atoms with E-state index in [0.29, 0.717) is 36.6 Å². The summed E-state index contributed by atoms with van der Waals surface area (Å²) < 4.78 is 7.83. The molecule has 0 aliphatic carbocycles. The van der Waals surface area contributed by atoms with Crippen LogP contribution in [0.4, 0.5) is 11.4 Å². The fourth-order valence-corrected chi connectivity index (χ4v) is 4.01. The van der Waals surface area contributed by atoms with Crippen LogP contribution >= 0.6 is 0 Å². The lowest BCUT2D eigenvalue weighted by molar-refractivity contribution is -0.117. The maximum absolute atomic E-state index is 12.7. The van der Waals surface area contributed by atoms with E-state index in [0.717, 1.165) is 29.0 Å². The van der Waals surface area contributed by atoms with Gasteiger partial charge in [-0.1, -0.05) is 12.1 Å². The zero-order valence-electron chi connectivity index (χ0n) is 18.3. The Labute approximate surface area is 191 Å². The average Bonchev–Trinajstić information content (AvgIpc) is 3.45. The Morgan fingerprint density at radius 1 is 1.12 bits per heavy atom. The first-order valence-corrected chi connectivity index (χ1v) is 10.9. The van der Waals surface area contributed by atoms with Crippen LogP contribution in [0.2, 0.25) is 0 Å². The van der Waals surface area contributed by atoms with E-state index in [-0.39, 0.29) is 11.8 Å². The van der Waals surface area contributed by atoms with Crippen LogP contribution in [-0.2, 0) is 11.4 Å². The molecule has 1 fully saturated rings. The Kier molecular flexibility index (Phi) is 5.52. The number of carbonyl (C=O) groups is 2. The van der Waals surface area contributed by atoms with Crippen molar-refractivity contribution in [2.24, 2.45) is 0 Å². The van der Waals surface area contributed by atoms with E-state index in [2.05, 4.69) is 10.3 Å². The van der Waals surface area contributed by atoms with Gasteiger partial charge in [-0.15, -0.1) is 0 Å². The monoisotopic (exact) mass is 440 g/mol. The van der Waals surface area contributed by atoms with Crippen LogP contribution in [-0.4, -0.2) is 27.7 Å². The molecule has 7 heteroatoms. The third kappa shape index (κ3) is 4.43. The van der Waals surface area contributed by atoms with Crippen molar-refractivity contribution >= 4 is 28.8 Å². The number of pyridine rings is 1. The molecule has 1 saturated heterocycles. The standard InChI is InChI=1S/C26H24N4O3/c1-18-5-3-13-29-16-21(27-25(18)29)17-33-23-11-9-19(10-12-23)26(32)28-20-6-2-7-22(15-20)30-14-4-8-24(30)31/h2-3,5-7,9-13,15-16H,4,8,14,17H2,1H3,(H,28,32). The predicted molar refractivity (Wildman–Crippen MR) is 127 cm³/mol. The van der Waals surface area contributed by atoms with Crippen LogP contribution < -0.4 is 15.0 Å². The van der Waals surface area contributed by atoms with Crippen molar-refractivity contribution in [3.8, 4) is 5.75 Å². The molecule has 7 nitrogen and oxygen atoms in total. The number of rotatable bonds is 6. The molecule has 0 bridgehead atoms. The summed E-state index contributed by atoms with van der Waals surface area (Å²) in [6, 6.07) is 18.4. The smallest absolute Gasteiger partial charge is 0.255 e. The first kappa shape index (κ1) is 20.8. The molecule has 2 aromatic carbocycles. The summed E-state index contributed by atoms with van der Waals surface area (Å²) in [5.41, 5.74) is 4.84. The minimum atomic E-state index is -0.220. The molecule has 3 heterocycles. The quantitative estimate of drug-likeness (QED) is 0.475. The molecular weight excluding hydrogens is 416 g/mol. The summed E-state index contributed by atoms with van der Waals surface area (Å²) >= 11 is 0. The summed E-state index contributed by atoms with van der Waals surface area (Å²) in [5.74, 6) is 0.560. The fraction of sp³-hybridized carbons (Fsp3) is 0.192. The molecule has 166 valence electrons. The van der Waals surface area contributed by atoms with Gasteiger partial charge < -0.3 is 19.4 Å². The van der Waals surface area contributed by atoms with Gasteiger partial charge in [-0.3, -0.25) is 9.59 Å². The summed E-state index contributed by atoms with van der Waals surface area (Å²) in [6.07, 6.45) is 5.35. The third-order valence-electron chi connectivity index (χ3n) is 5.72. The molecule has 2 amide bonds. The lowest BCUT2D eigenvalue weighted by atomic mass is 10.2. The average molecular weight is 441 g/mol. The summed E-state index contributed by atoms with van der Waals surface area (Å²) in [7, 11) is 0. The number of anilines is 2. The maximum atomic E-state index is 12.7. The lowest BCUT2D eigenvalue weighted by Crippen LogP contribution is -2.23. The Morgan fingerprint density at radius 3 is 2.73 bits per heavy atom. The molecule has 5 rings (SSSR count). The number of nitrogens with one attached hydrogen (secondary N) is 1. The molecule has 4 aromatic rings. The van der Waals surface area contributed by atoms with Crippen molar-refractivity contribution in [3.63, 3.8) is 0 Å². The summed E-state index contributed by atoms with van der Waals surface area (Å²) in [4.78, 5) is 31.0. The van der Waals surface area contributed by atoms with E-state index < -0.39 is 0 Å². The second-order valence-corrected chi connectivity index (χ2v) is 8.12. The van der Waals surface area contributed by atoms with E-state index >= 15 is 0 Å². The zero-order chi connectivity index (χ0) is 22.8. The highest BCUT2D eigenvalue weighted by Crippen LogP contribution is 2.25. The van der Waals surface area contributed by atoms with Gasteiger partial charge in [0.1, 0.15) is 18.0 Å². The lowest BCUT2D eigenvalue weighted by Gasteiger charge is -2.16. The molecule has 0 spiro atoms. The second-order valence-electron chi connectivity index (χ2n) is 8.12. The van der Waals surface area contributed by atoms with E-state index in [1.165, 1.54) is 0 Å². The largest absolute Gasteiger partial charge is 0.487 e. The summed E-state index contributed by atoms with van der Waals surface area (Å²) in [5, 5.41) is 2.90. The molecule has 33 heavy (non-hydrogen) atoms. The van der Waals surface area contributed by atoms with Gasteiger partial charge in [0.2, 0.25) is 5.91 Å². The minimum Gasteiger partial charge on any atom is -0.487 e. The van der Waals surface area contributed by atoms with E-state index in [4.69, 9.17) is 4.74 Å². The van der Waals surface area contributed by atoms with E-state index in [9.17, 15) is 9.59 Å². The van der Waals surface area contributed by atoms with Gasteiger partial charge in [-0.05, 0) is 67.4 Å². The number of carbonyl (C=O) groups excluding carboxylic acids is 2. The van der Waals surface area contributed by atoms with Crippen LogP contribution in [0.25, 0.3) is 5.65 Å². The molecule has 1 aliphatic heterocycles. The number of nitrogens with zero attached hydrogens (tertiary/aromatic N) is 3. The van der Waals surface area contributed by atoms with Crippen LogP contribution in [0.5, 0.6) is 5.75 Å². The van der Waals surface area contributed by atoms with Gasteiger partial charge in [0, 0.05) is 42.3 Å². The van der Waals surface area contributed by atoms with Crippen molar-refractivity contribution < 1.29 is 14.3 Å². The van der Waals surface area contributed by atoms with Crippen LogP contribution in [0.3, 0.4) is 0 Å². The maximum Gasteiger partial charge on any atom is 0.255 e. The Morgan fingerprint density at radius 2 is 1.97 bits per heavy atom. The van der Waals surface area contributed by atoms with Gasteiger partial charge >= 0.3 is 0 Å². The summed E-state index contributed by atoms with van der Waals surface area (Å²) in [6.45, 7) is 3.08. The number of amides is 2. The minimum absolute atomic E-state index is 0.118. The number of hydrogen-bond acceptors (Lipinski definition) is 4. The normalized spacial score (nSPS) is 13.5. The number of aromatic nitrogens is 2. The number of hydrogen-bond donors (Lipinski definition) is 1. The number of aryl methyl sites for hydroxylation is 1. The number of benzene rings is 2. The van der Waals surface area contributed by atoms with E-state index in [1.54, 1.807) is 29.2 Å². The van der Waals surface area contributed by atoms with Crippen molar-refractivity contribution in [1.29, 1.82) is 0 Å². The molecule has 0 saturated carbocycles.